The summed E-state index contributed by atoms with van der Waals surface area (Å²) in [5.41, 5.74) is 6.53. The van der Waals surface area contributed by atoms with E-state index in [1.165, 1.54) is 5.56 Å². The van der Waals surface area contributed by atoms with Crippen molar-refractivity contribution in [3.8, 4) is 5.75 Å². The van der Waals surface area contributed by atoms with Crippen LogP contribution in [0.3, 0.4) is 0 Å². The van der Waals surface area contributed by atoms with Crippen LogP contribution in [0, 0.1) is 20.8 Å². The van der Waals surface area contributed by atoms with Gasteiger partial charge in [0.25, 0.3) is 0 Å². The fourth-order valence-electron chi connectivity index (χ4n) is 3.76. The van der Waals surface area contributed by atoms with Gasteiger partial charge in [-0.05, 0) is 51.0 Å². The van der Waals surface area contributed by atoms with E-state index in [2.05, 4.69) is 41.1 Å². The van der Waals surface area contributed by atoms with E-state index in [1.54, 1.807) is 0 Å². The van der Waals surface area contributed by atoms with Crippen molar-refractivity contribution >= 4 is 5.97 Å². The summed E-state index contributed by atoms with van der Waals surface area (Å²) in [7, 11) is 0. The van der Waals surface area contributed by atoms with E-state index < -0.39 is 5.97 Å². The number of carboxylic acid groups (broad SMARTS) is 1. The summed E-state index contributed by atoms with van der Waals surface area (Å²) in [6.45, 7) is 10.4. The third-order valence-corrected chi connectivity index (χ3v) is 5.45. The number of nitrogens with one attached hydrogen (secondary N) is 1. The second kappa shape index (κ2) is 9.63. The van der Waals surface area contributed by atoms with Crippen LogP contribution in [0.4, 0.5) is 0 Å². The number of hydrogen-bond donors (Lipinski definition) is 2. The fraction of sp³-hybridized carbons (Fsp3) is 0.320. The Balaban J connectivity index is 1.76. The number of hydrogen-bond acceptors (Lipinski definition) is 3. The lowest BCUT2D eigenvalue weighted by Gasteiger charge is -2.11. The molecular formula is C25H30N2O3. The van der Waals surface area contributed by atoms with Crippen molar-refractivity contribution in [2.24, 2.45) is 0 Å². The third kappa shape index (κ3) is 4.92. The highest BCUT2D eigenvalue weighted by Gasteiger charge is 2.22. The Bertz CT molecular complexity index is 1000. The molecule has 0 spiro atoms. The smallest absolute Gasteiger partial charge is 0.337 e. The maximum Gasteiger partial charge on any atom is 0.337 e. The number of rotatable bonds is 9. The van der Waals surface area contributed by atoms with E-state index in [1.807, 2.05) is 45.0 Å². The van der Waals surface area contributed by atoms with Gasteiger partial charge in [0.2, 0.25) is 0 Å². The lowest BCUT2D eigenvalue weighted by molar-refractivity contribution is 0.0694. The molecule has 0 aliphatic carbocycles. The Morgan fingerprint density at radius 3 is 2.17 bits per heavy atom. The molecule has 2 N–H and O–H groups in total. The molecule has 0 amide bonds. The molecule has 1 heterocycles. The zero-order valence-corrected chi connectivity index (χ0v) is 18.2. The van der Waals surface area contributed by atoms with Crippen LogP contribution in [0.1, 0.15) is 50.9 Å². The second-order valence-electron chi connectivity index (χ2n) is 7.58. The van der Waals surface area contributed by atoms with E-state index in [0.717, 1.165) is 33.8 Å². The standard InChI is InChI=1S/C25H30N2O3/c1-5-30-22-12-10-20(11-13-22)14-26-15-23-18(3)27(19(4)24(23)25(28)29)16-21-8-6-17(2)7-9-21/h6-13,26H,5,14-16H2,1-4H3,(H,28,29). The molecule has 0 atom stereocenters. The molecule has 0 saturated heterocycles. The number of benzene rings is 2. The van der Waals surface area contributed by atoms with Gasteiger partial charge in [-0.2, -0.15) is 0 Å². The number of carboxylic acids is 1. The number of carbonyl (C=O) groups is 1. The fourth-order valence-corrected chi connectivity index (χ4v) is 3.76. The van der Waals surface area contributed by atoms with Gasteiger partial charge < -0.3 is 19.7 Å². The molecule has 2 aromatic carbocycles. The predicted molar refractivity (Wildman–Crippen MR) is 119 cm³/mol. The van der Waals surface area contributed by atoms with Crippen molar-refractivity contribution in [1.82, 2.24) is 9.88 Å². The predicted octanol–water partition coefficient (Wildman–Crippen LogP) is 4.85. The van der Waals surface area contributed by atoms with Crippen molar-refractivity contribution in [3.63, 3.8) is 0 Å². The quantitative estimate of drug-likeness (QED) is 0.533. The minimum Gasteiger partial charge on any atom is -0.494 e. The van der Waals surface area contributed by atoms with Crippen molar-refractivity contribution in [1.29, 1.82) is 0 Å². The van der Waals surface area contributed by atoms with Gasteiger partial charge in [0.1, 0.15) is 5.75 Å². The van der Waals surface area contributed by atoms with Crippen LogP contribution in [0.25, 0.3) is 0 Å². The van der Waals surface area contributed by atoms with E-state index in [0.29, 0.717) is 31.8 Å². The molecule has 0 aliphatic rings. The summed E-state index contributed by atoms with van der Waals surface area (Å²) in [5.74, 6) is -0.0230. The van der Waals surface area contributed by atoms with Crippen LogP contribution in [0.15, 0.2) is 48.5 Å². The Kier molecular flexibility index (Phi) is 6.95. The number of ether oxygens (including phenoxy) is 1. The third-order valence-electron chi connectivity index (χ3n) is 5.45. The maximum atomic E-state index is 12.0. The number of nitrogens with zero attached hydrogens (tertiary/aromatic N) is 1. The van der Waals surface area contributed by atoms with Crippen LogP contribution >= 0.6 is 0 Å². The highest BCUT2D eigenvalue weighted by molar-refractivity contribution is 5.91. The lowest BCUT2D eigenvalue weighted by Crippen LogP contribution is -2.15. The molecule has 5 heteroatoms. The second-order valence-corrected chi connectivity index (χ2v) is 7.58. The summed E-state index contributed by atoms with van der Waals surface area (Å²) in [4.78, 5) is 12.0. The molecule has 0 saturated carbocycles. The van der Waals surface area contributed by atoms with Gasteiger partial charge in [-0.25, -0.2) is 4.79 Å². The van der Waals surface area contributed by atoms with Crippen LogP contribution < -0.4 is 10.1 Å². The van der Waals surface area contributed by atoms with Crippen LogP contribution in [-0.2, 0) is 19.6 Å². The van der Waals surface area contributed by atoms with Crippen LogP contribution in [-0.4, -0.2) is 22.2 Å². The average Bonchev–Trinajstić information content (AvgIpc) is 2.95. The minimum atomic E-state index is -0.879. The Hall–Kier alpha value is -3.05. The monoisotopic (exact) mass is 406 g/mol. The number of aryl methyl sites for hydroxylation is 1. The normalized spacial score (nSPS) is 10.9. The Morgan fingerprint density at radius 2 is 1.57 bits per heavy atom. The summed E-state index contributed by atoms with van der Waals surface area (Å²) < 4.78 is 7.57. The highest BCUT2D eigenvalue weighted by Crippen LogP contribution is 2.24. The zero-order chi connectivity index (χ0) is 21.7. The highest BCUT2D eigenvalue weighted by atomic mass is 16.5. The molecule has 0 radical (unpaired) electrons. The average molecular weight is 407 g/mol. The number of aromatic nitrogens is 1. The summed E-state index contributed by atoms with van der Waals surface area (Å²) in [6.07, 6.45) is 0. The Labute approximate surface area is 178 Å². The molecular weight excluding hydrogens is 376 g/mol. The summed E-state index contributed by atoms with van der Waals surface area (Å²) in [5, 5.41) is 13.2. The molecule has 3 aromatic rings. The van der Waals surface area contributed by atoms with E-state index in [9.17, 15) is 9.90 Å². The van der Waals surface area contributed by atoms with Gasteiger partial charge in [0.05, 0.1) is 12.2 Å². The first-order valence-corrected chi connectivity index (χ1v) is 10.3. The lowest BCUT2D eigenvalue weighted by atomic mass is 10.1. The van der Waals surface area contributed by atoms with Gasteiger partial charge in [-0.15, -0.1) is 0 Å². The maximum absolute atomic E-state index is 12.0. The number of aromatic carboxylic acids is 1. The molecule has 0 unspecified atom stereocenters. The van der Waals surface area contributed by atoms with Crippen molar-refractivity contribution in [2.45, 2.75) is 47.3 Å². The summed E-state index contributed by atoms with van der Waals surface area (Å²) in [6, 6.07) is 16.3. The first-order valence-electron chi connectivity index (χ1n) is 10.3. The van der Waals surface area contributed by atoms with Gasteiger partial charge in [0, 0.05) is 36.6 Å². The minimum absolute atomic E-state index is 0.402. The molecule has 30 heavy (non-hydrogen) atoms. The van der Waals surface area contributed by atoms with E-state index in [4.69, 9.17) is 4.74 Å². The molecule has 5 nitrogen and oxygen atoms in total. The van der Waals surface area contributed by atoms with Gasteiger partial charge >= 0.3 is 5.97 Å². The molecule has 0 bridgehead atoms. The van der Waals surface area contributed by atoms with E-state index in [-0.39, 0.29) is 0 Å². The molecule has 158 valence electrons. The first-order chi connectivity index (χ1) is 14.4. The summed E-state index contributed by atoms with van der Waals surface area (Å²) >= 11 is 0. The van der Waals surface area contributed by atoms with Gasteiger partial charge in [0.15, 0.2) is 0 Å². The zero-order valence-electron chi connectivity index (χ0n) is 18.2. The first kappa shape index (κ1) is 21.7. The molecule has 0 fully saturated rings. The topological polar surface area (TPSA) is 63.5 Å². The molecule has 1 aromatic heterocycles. The molecule has 0 aliphatic heterocycles. The largest absolute Gasteiger partial charge is 0.494 e. The van der Waals surface area contributed by atoms with Crippen molar-refractivity contribution < 1.29 is 14.6 Å². The SMILES string of the molecule is CCOc1ccc(CNCc2c(C(=O)O)c(C)n(Cc3ccc(C)cc3)c2C)cc1. The van der Waals surface area contributed by atoms with Crippen LogP contribution in [0.5, 0.6) is 5.75 Å². The van der Waals surface area contributed by atoms with Gasteiger partial charge in [-0.3, -0.25) is 0 Å². The van der Waals surface area contributed by atoms with Crippen LogP contribution in [0.2, 0.25) is 0 Å². The van der Waals surface area contributed by atoms with Crippen molar-refractivity contribution in [3.05, 3.63) is 87.7 Å². The van der Waals surface area contributed by atoms with Crippen molar-refractivity contribution in [2.75, 3.05) is 6.61 Å². The molecule has 3 rings (SSSR count). The Morgan fingerprint density at radius 1 is 0.933 bits per heavy atom. The van der Waals surface area contributed by atoms with Gasteiger partial charge in [-0.1, -0.05) is 42.0 Å². The van der Waals surface area contributed by atoms with E-state index >= 15 is 0 Å².